The van der Waals surface area contributed by atoms with Gasteiger partial charge in [-0.2, -0.15) is 0 Å². The van der Waals surface area contributed by atoms with Crippen molar-refractivity contribution >= 4 is 11.9 Å². The number of aliphatic hydroxyl groups excluding tert-OH is 1. The van der Waals surface area contributed by atoms with Crippen molar-refractivity contribution in [3.8, 4) is 0 Å². The molecular formula is C11H21NO4. The van der Waals surface area contributed by atoms with E-state index in [2.05, 4.69) is 5.32 Å². The van der Waals surface area contributed by atoms with E-state index in [0.29, 0.717) is 0 Å². The molecule has 0 saturated heterocycles. The van der Waals surface area contributed by atoms with Gasteiger partial charge in [-0.05, 0) is 5.92 Å². The molecule has 16 heavy (non-hydrogen) atoms. The molecule has 0 aromatic heterocycles. The second-order valence-electron chi connectivity index (χ2n) is 4.46. The lowest BCUT2D eigenvalue weighted by molar-refractivity contribution is -0.146. The Morgan fingerprint density at radius 1 is 1.12 bits per heavy atom. The van der Waals surface area contributed by atoms with E-state index < -0.39 is 17.8 Å². The molecule has 0 fully saturated rings. The van der Waals surface area contributed by atoms with E-state index in [0.717, 1.165) is 0 Å². The molecule has 0 aliphatic rings. The zero-order valence-electron chi connectivity index (χ0n) is 10.2. The van der Waals surface area contributed by atoms with Crippen LogP contribution in [0, 0.1) is 17.8 Å². The first-order valence-electron chi connectivity index (χ1n) is 5.45. The number of carbonyl (C=O) groups is 2. The molecule has 0 aromatic carbocycles. The van der Waals surface area contributed by atoms with Crippen LogP contribution >= 0.6 is 0 Å². The third-order valence-electron chi connectivity index (χ3n) is 2.88. The summed E-state index contributed by atoms with van der Waals surface area (Å²) in [5, 5.41) is 20.5. The fourth-order valence-corrected chi connectivity index (χ4v) is 1.18. The third kappa shape index (κ3) is 4.18. The van der Waals surface area contributed by atoms with Gasteiger partial charge in [0.2, 0.25) is 5.91 Å². The number of hydrogen-bond donors (Lipinski definition) is 3. The molecule has 0 spiro atoms. The van der Waals surface area contributed by atoms with E-state index >= 15 is 0 Å². The Kier molecular flexibility index (Phi) is 6.03. The predicted octanol–water partition coefficient (Wildman–Crippen LogP) is 0.476. The molecule has 0 aliphatic carbocycles. The molecule has 0 bridgehead atoms. The third-order valence-corrected chi connectivity index (χ3v) is 2.88. The van der Waals surface area contributed by atoms with E-state index in [-0.39, 0.29) is 24.5 Å². The topological polar surface area (TPSA) is 86.6 Å². The number of aliphatic hydroxyl groups is 1. The lowest BCUT2D eigenvalue weighted by atomic mass is 9.94. The number of nitrogens with one attached hydrogen (secondary N) is 1. The lowest BCUT2D eigenvalue weighted by Crippen LogP contribution is -2.45. The molecule has 94 valence electrons. The van der Waals surface area contributed by atoms with Crippen molar-refractivity contribution in [2.75, 3.05) is 6.61 Å². The van der Waals surface area contributed by atoms with Crippen LogP contribution in [0.5, 0.6) is 0 Å². The maximum Gasteiger partial charge on any atom is 0.307 e. The van der Waals surface area contributed by atoms with Crippen LogP contribution in [0.15, 0.2) is 0 Å². The smallest absolute Gasteiger partial charge is 0.307 e. The monoisotopic (exact) mass is 231 g/mol. The van der Waals surface area contributed by atoms with Gasteiger partial charge in [-0.25, -0.2) is 0 Å². The average Bonchev–Trinajstić information content (AvgIpc) is 2.22. The summed E-state index contributed by atoms with van der Waals surface area (Å²) in [6.45, 7) is 6.69. The van der Waals surface area contributed by atoms with Gasteiger partial charge in [-0.3, -0.25) is 9.59 Å². The normalized spacial score (nSPS) is 16.6. The lowest BCUT2D eigenvalue weighted by Gasteiger charge is -2.23. The van der Waals surface area contributed by atoms with Gasteiger partial charge in [-0.1, -0.05) is 27.7 Å². The molecule has 1 amide bonds. The Hall–Kier alpha value is -1.10. The highest BCUT2D eigenvalue weighted by molar-refractivity contribution is 5.84. The summed E-state index contributed by atoms with van der Waals surface area (Å²) in [4.78, 5) is 22.4. The van der Waals surface area contributed by atoms with E-state index in [1.54, 1.807) is 6.92 Å². The summed E-state index contributed by atoms with van der Waals surface area (Å²) in [5.41, 5.74) is 0. The fourth-order valence-electron chi connectivity index (χ4n) is 1.18. The number of aliphatic carboxylic acids is 1. The summed E-state index contributed by atoms with van der Waals surface area (Å²) in [5.74, 6) is -2.55. The number of carboxylic acid groups (broad SMARTS) is 1. The average molecular weight is 231 g/mol. The van der Waals surface area contributed by atoms with Gasteiger partial charge >= 0.3 is 5.97 Å². The van der Waals surface area contributed by atoms with E-state index in [1.165, 1.54) is 6.92 Å². The summed E-state index contributed by atoms with van der Waals surface area (Å²) in [6.07, 6.45) is 0. The second kappa shape index (κ2) is 6.48. The number of carbonyl (C=O) groups excluding carboxylic acids is 1. The van der Waals surface area contributed by atoms with Crippen molar-refractivity contribution in [2.24, 2.45) is 17.8 Å². The molecule has 0 saturated carbocycles. The first kappa shape index (κ1) is 14.9. The van der Waals surface area contributed by atoms with Gasteiger partial charge in [0, 0.05) is 5.92 Å². The molecule has 3 unspecified atom stereocenters. The Labute approximate surface area is 95.9 Å². The minimum atomic E-state index is -0.993. The quantitative estimate of drug-likeness (QED) is 0.620. The molecule has 0 aliphatic heterocycles. The molecule has 3 atom stereocenters. The number of amides is 1. The van der Waals surface area contributed by atoms with Crippen LogP contribution in [0.3, 0.4) is 0 Å². The van der Waals surface area contributed by atoms with Crippen LogP contribution < -0.4 is 5.32 Å². The van der Waals surface area contributed by atoms with Crippen LogP contribution in [0.1, 0.15) is 27.7 Å². The first-order chi connectivity index (χ1) is 7.31. The zero-order valence-corrected chi connectivity index (χ0v) is 10.2. The SMILES string of the molecule is CC(C)C(CO)NC(=O)C(C)C(C)C(=O)O. The zero-order chi connectivity index (χ0) is 12.9. The van der Waals surface area contributed by atoms with Gasteiger partial charge in [0.15, 0.2) is 0 Å². The first-order valence-corrected chi connectivity index (χ1v) is 5.45. The van der Waals surface area contributed by atoms with Gasteiger partial charge in [-0.15, -0.1) is 0 Å². The number of rotatable bonds is 6. The highest BCUT2D eigenvalue weighted by atomic mass is 16.4. The van der Waals surface area contributed by atoms with Crippen molar-refractivity contribution < 1.29 is 19.8 Å². The molecular weight excluding hydrogens is 210 g/mol. The highest BCUT2D eigenvalue weighted by Crippen LogP contribution is 2.12. The van der Waals surface area contributed by atoms with E-state index in [9.17, 15) is 9.59 Å². The Morgan fingerprint density at radius 3 is 1.94 bits per heavy atom. The summed E-state index contributed by atoms with van der Waals surface area (Å²) in [7, 11) is 0. The summed E-state index contributed by atoms with van der Waals surface area (Å²) >= 11 is 0. The van der Waals surface area contributed by atoms with Crippen molar-refractivity contribution in [1.29, 1.82) is 0 Å². The Bertz CT molecular complexity index is 252. The van der Waals surface area contributed by atoms with Gasteiger partial charge < -0.3 is 15.5 Å². The molecule has 0 radical (unpaired) electrons. The minimum Gasteiger partial charge on any atom is -0.481 e. The number of hydrogen-bond acceptors (Lipinski definition) is 3. The largest absolute Gasteiger partial charge is 0.481 e. The fraction of sp³-hybridized carbons (Fsp3) is 0.818. The maximum absolute atomic E-state index is 11.7. The summed E-state index contributed by atoms with van der Waals surface area (Å²) in [6, 6.07) is -0.323. The standard InChI is InChI=1S/C11H21NO4/c1-6(2)9(5-13)12-10(14)7(3)8(4)11(15)16/h6-9,13H,5H2,1-4H3,(H,12,14)(H,15,16). The van der Waals surface area contributed by atoms with Crippen molar-refractivity contribution in [3.05, 3.63) is 0 Å². The molecule has 0 rings (SSSR count). The van der Waals surface area contributed by atoms with Crippen molar-refractivity contribution in [1.82, 2.24) is 5.32 Å². The van der Waals surface area contributed by atoms with Crippen LogP contribution in [-0.4, -0.2) is 34.7 Å². The van der Waals surface area contributed by atoms with Crippen molar-refractivity contribution in [2.45, 2.75) is 33.7 Å². The van der Waals surface area contributed by atoms with Gasteiger partial charge in [0.05, 0.1) is 18.6 Å². The van der Waals surface area contributed by atoms with E-state index in [4.69, 9.17) is 10.2 Å². The van der Waals surface area contributed by atoms with Crippen LogP contribution in [-0.2, 0) is 9.59 Å². The molecule has 0 heterocycles. The van der Waals surface area contributed by atoms with Crippen molar-refractivity contribution in [3.63, 3.8) is 0 Å². The maximum atomic E-state index is 11.7. The number of carboxylic acids is 1. The second-order valence-corrected chi connectivity index (χ2v) is 4.46. The Balaban J connectivity index is 4.40. The Morgan fingerprint density at radius 2 is 1.62 bits per heavy atom. The predicted molar refractivity (Wildman–Crippen MR) is 59.8 cm³/mol. The minimum absolute atomic E-state index is 0.112. The van der Waals surface area contributed by atoms with Gasteiger partial charge in [0.1, 0.15) is 0 Å². The molecule has 5 nitrogen and oxygen atoms in total. The highest BCUT2D eigenvalue weighted by Gasteiger charge is 2.27. The summed E-state index contributed by atoms with van der Waals surface area (Å²) < 4.78 is 0. The van der Waals surface area contributed by atoms with Crippen LogP contribution in [0.25, 0.3) is 0 Å². The van der Waals surface area contributed by atoms with Crippen LogP contribution in [0.4, 0.5) is 0 Å². The molecule has 5 heteroatoms. The molecule has 0 aromatic rings. The van der Waals surface area contributed by atoms with Gasteiger partial charge in [0.25, 0.3) is 0 Å². The molecule has 3 N–H and O–H groups in total. The van der Waals surface area contributed by atoms with Crippen LogP contribution in [0.2, 0.25) is 0 Å². The van der Waals surface area contributed by atoms with E-state index in [1.807, 2.05) is 13.8 Å².